The van der Waals surface area contributed by atoms with Crippen LogP contribution in [0.25, 0.3) is 11.0 Å². The number of aromatic nitrogens is 2. The second kappa shape index (κ2) is 5.57. The van der Waals surface area contributed by atoms with Crippen LogP contribution in [-0.4, -0.2) is 16.2 Å². The van der Waals surface area contributed by atoms with Crippen molar-refractivity contribution < 1.29 is 4.74 Å². The van der Waals surface area contributed by atoms with Crippen LogP contribution in [0, 0.1) is 0 Å². The van der Waals surface area contributed by atoms with Crippen LogP contribution >= 0.6 is 0 Å². The van der Waals surface area contributed by atoms with Crippen molar-refractivity contribution in [3.8, 4) is 5.75 Å². The number of benzene rings is 2. The predicted octanol–water partition coefficient (Wildman–Crippen LogP) is 2.48. The van der Waals surface area contributed by atoms with Gasteiger partial charge in [-0.2, -0.15) is 0 Å². The normalized spacial score (nSPS) is 10.6. The van der Waals surface area contributed by atoms with Gasteiger partial charge in [0.1, 0.15) is 12.4 Å². The van der Waals surface area contributed by atoms with Crippen molar-refractivity contribution >= 4 is 11.0 Å². The molecule has 0 unspecified atom stereocenters. The number of nitrogens with zero attached hydrogens (tertiary/aromatic N) is 2. The Kier molecular flexibility index (Phi) is 3.46. The third-order valence-corrected chi connectivity index (χ3v) is 3.08. The lowest BCUT2D eigenvalue weighted by Gasteiger charge is -2.10. The van der Waals surface area contributed by atoms with Crippen molar-refractivity contribution in [3.63, 3.8) is 0 Å². The third-order valence-electron chi connectivity index (χ3n) is 3.08. The Hall–Kier alpha value is -2.62. The highest BCUT2D eigenvalue weighted by molar-refractivity contribution is 5.74. The van der Waals surface area contributed by atoms with E-state index in [1.165, 1.54) is 6.20 Å². The van der Waals surface area contributed by atoms with Crippen LogP contribution in [0.15, 0.2) is 65.6 Å². The number of hydrogen-bond donors (Lipinski definition) is 0. The summed E-state index contributed by atoms with van der Waals surface area (Å²) in [6, 6.07) is 17.2. The van der Waals surface area contributed by atoms with E-state index < -0.39 is 0 Å². The molecule has 0 radical (unpaired) electrons. The van der Waals surface area contributed by atoms with Crippen LogP contribution in [0.1, 0.15) is 0 Å². The number of hydrogen-bond acceptors (Lipinski definition) is 3. The molecule has 0 spiro atoms. The highest BCUT2D eigenvalue weighted by Gasteiger charge is 2.03. The summed E-state index contributed by atoms with van der Waals surface area (Å²) < 4.78 is 7.32. The fraction of sp³-hybridized carbons (Fsp3) is 0.125. The smallest absolute Gasteiger partial charge is 0.269 e. The number of fused-ring (bicyclic) bond motifs is 1. The zero-order valence-corrected chi connectivity index (χ0v) is 10.9. The minimum Gasteiger partial charge on any atom is -0.492 e. The fourth-order valence-electron chi connectivity index (χ4n) is 2.12. The number of para-hydroxylation sites is 3. The molecule has 1 aromatic heterocycles. The minimum absolute atomic E-state index is 0.111. The predicted molar refractivity (Wildman–Crippen MR) is 77.9 cm³/mol. The van der Waals surface area contributed by atoms with Crippen molar-refractivity contribution in [3.05, 3.63) is 71.1 Å². The topological polar surface area (TPSA) is 44.1 Å². The first kappa shape index (κ1) is 12.4. The van der Waals surface area contributed by atoms with Crippen molar-refractivity contribution in [2.45, 2.75) is 6.54 Å². The lowest BCUT2D eigenvalue weighted by atomic mass is 10.3. The Labute approximate surface area is 116 Å². The molecule has 0 saturated heterocycles. The molecule has 0 fully saturated rings. The molecule has 1 heterocycles. The van der Waals surface area contributed by atoms with E-state index in [-0.39, 0.29) is 5.56 Å². The summed E-state index contributed by atoms with van der Waals surface area (Å²) in [5.41, 5.74) is 1.53. The maximum Gasteiger partial charge on any atom is 0.269 e. The lowest BCUT2D eigenvalue weighted by Crippen LogP contribution is -2.23. The molecule has 3 aromatic rings. The Morgan fingerprint density at radius 1 is 1.00 bits per heavy atom. The Morgan fingerprint density at radius 3 is 2.60 bits per heavy atom. The van der Waals surface area contributed by atoms with Crippen molar-refractivity contribution in [1.29, 1.82) is 0 Å². The van der Waals surface area contributed by atoms with Gasteiger partial charge in [-0.25, -0.2) is 4.98 Å². The highest BCUT2D eigenvalue weighted by atomic mass is 16.5. The molecule has 0 atom stereocenters. The molecule has 0 saturated carbocycles. The zero-order valence-electron chi connectivity index (χ0n) is 10.9. The summed E-state index contributed by atoms with van der Waals surface area (Å²) in [5.74, 6) is 0.805. The van der Waals surface area contributed by atoms with Gasteiger partial charge in [-0.3, -0.25) is 4.79 Å². The maximum absolute atomic E-state index is 11.9. The molecule has 0 aliphatic carbocycles. The molecule has 0 bridgehead atoms. The number of rotatable bonds is 4. The Morgan fingerprint density at radius 2 is 1.75 bits per heavy atom. The standard InChI is InChI=1S/C16H14N2O2/c19-16-12-17-14-8-4-5-9-15(14)18(16)10-11-20-13-6-2-1-3-7-13/h1-9,12H,10-11H2. The summed E-state index contributed by atoms with van der Waals surface area (Å²) in [6.45, 7) is 0.939. The first-order valence-corrected chi connectivity index (χ1v) is 6.47. The van der Waals surface area contributed by atoms with Gasteiger partial charge in [0.15, 0.2) is 0 Å². The van der Waals surface area contributed by atoms with Crippen LogP contribution in [0.2, 0.25) is 0 Å². The second-order valence-corrected chi connectivity index (χ2v) is 4.40. The molecule has 3 rings (SSSR count). The van der Waals surface area contributed by atoms with Gasteiger partial charge < -0.3 is 9.30 Å². The molecule has 4 heteroatoms. The first-order valence-electron chi connectivity index (χ1n) is 6.47. The largest absolute Gasteiger partial charge is 0.492 e. The first-order chi connectivity index (χ1) is 9.84. The summed E-state index contributed by atoms with van der Waals surface area (Å²) in [5, 5.41) is 0. The van der Waals surface area contributed by atoms with Crippen LogP contribution in [-0.2, 0) is 6.54 Å². The van der Waals surface area contributed by atoms with E-state index >= 15 is 0 Å². The van der Waals surface area contributed by atoms with E-state index in [2.05, 4.69) is 4.98 Å². The van der Waals surface area contributed by atoms with Gasteiger partial charge in [-0.1, -0.05) is 30.3 Å². The summed E-state index contributed by atoms with van der Waals surface area (Å²) in [7, 11) is 0. The van der Waals surface area contributed by atoms with E-state index in [0.29, 0.717) is 13.2 Å². The minimum atomic E-state index is -0.111. The van der Waals surface area contributed by atoms with Crippen molar-refractivity contribution in [2.75, 3.05) is 6.61 Å². The molecule has 100 valence electrons. The van der Waals surface area contributed by atoms with E-state index in [1.54, 1.807) is 4.57 Å². The van der Waals surface area contributed by atoms with Gasteiger partial charge in [-0.15, -0.1) is 0 Å². The molecule has 0 amide bonds. The van der Waals surface area contributed by atoms with Crippen LogP contribution in [0.5, 0.6) is 5.75 Å². The van der Waals surface area contributed by atoms with Gasteiger partial charge in [0.25, 0.3) is 5.56 Å². The van der Waals surface area contributed by atoms with Gasteiger partial charge in [-0.05, 0) is 24.3 Å². The van der Waals surface area contributed by atoms with Crippen molar-refractivity contribution in [1.82, 2.24) is 9.55 Å². The third kappa shape index (κ3) is 2.54. The SMILES string of the molecule is O=c1cnc2ccccc2n1CCOc1ccccc1. The monoisotopic (exact) mass is 266 g/mol. The fourth-order valence-corrected chi connectivity index (χ4v) is 2.12. The molecule has 0 aliphatic heterocycles. The summed E-state index contributed by atoms with van der Waals surface area (Å²) in [6.07, 6.45) is 1.35. The Balaban J connectivity index is 1.81. The second-order valence-electron chi connectivity index (χ2n) is 4.40. The molecule has 4 nitrogen and oxygen atoms in total. The van der Waals surface area contributed by atoms with Gasteiger partial charge >= 0.3 is 0 Å². The van der Waals surface area contributed by atoms with Gasteiger partial charge in [0.05, 0.1) is 23.8 Å². The lowest BCUT2D eigenvalue weighted by molar-refractivity contribution is 0.298. The molecule has 20 heavy (non-hydrogen) atoms. The summed E-state index contributed by atoms with van der Waals surface area (Å²) >= 11 is 0. The zero-order chi connectivity index (χ0) is 13.8. The van der Waals surface area contributed by atoms with Gasteiger partial charge in [0, 0.05) is 0 Å². The quantitative estimate of drug-likeness (QED) is 0.728. The average molecular weight is 266 g/mol. The molecular weight excluding hydrogens is 252 g/mol. The Bertz CT molecular complexity index is 766. The maximum atomic E-state index is 11.9. The van der Waals surface area contributed by atoms with Crippen LogP contribution < -0.4 is 10.3 Å². The molecule has 0 aliphatic rings. The van der Waals surface area contributed by atoms with E-state index in [0.717, 1.165) is 16.8 Å². The highest BCUT2D eigenvalue weighted by Crippen LogP contribution is 2.10. The van der Waals surface area contributed by atoms with Crippen LogP contribution in [0.3, 0.4) is 0 Å². The van der Waals surface area contributed by atoms with Crippen molar-refractivity contribution in [2.24, 2.45) is 0 Å². The van der Waals surface area contributed by atoms with E-state index in [1.807, 2.05) is 54.6 Å². The average Bonchev–Trinajstić information content (AvgIpc) is 2.50. The number of ether oxygens (including phenoxy) is 1. The molecule has 0 N–H and O–H groups in total. The van der Waals surface area contributed by atoms with E-state index in [4.69, 9.17) is 4.74 Å². The molecule has 2 aromatic carbocycles. The molecular formula is C16H14N2O2. The van der Waals surface area contributed by atoms with Crippen LogP contribution in [0.4, 0.5) is 0 Å². The van der Waals surface area contributed by atoms with E-state index in [9.17, 15) is 4.79 Å². The summed E-state index contributed by atoms with van der Waals surface area (Å²) in [4.78, 5) is 16.1. The van der Waals surface area contributed by atoms with Gasteiger partial charge in [0.2, 0.25) is 0 Å².